The van der Waals surface area contributed by atoms with Crippen molar-refractivity contribution in [2.24, 2.45) is 0 Å². The topological polar surface area (TPSA) is 77.1 Å². The molecule has 0 atom stereocenters. The van der Waals surface area contributed by atoms with Gasteiger partial charge >= 0.3 is 0 Å². The van der Waals surface area contributed by atoms with Crippen LogP contribution in [0.3, 0.4) is 0 Å². The van der Waals surface area contributed by atoms with E-state index in [4.69, 9.17) is 14.2 Å². The maximum Gasteiger partial charge on any atom is 0.282 e. The molecule has 1 aliphatic heterocycles. The number of nitrogens with zero attached hydrogens (tertiary/aromatic N) is 1. The summed E-state index contributed by atoms with van der Waals surface area (Å²) in [6.07, 6.45) is 0. The van der Waals surface area contributed by atoms with Crippen LogP contribution in [0.5, 0.6) is 17.2 Å². The van der Waals surface area contributed by atoms with Gasteiger partial charge in [-0.3, -0.25) is 9.59 Å². The molecule has 3 aromatic rings. The van der Waals surface area contributed by atoms with Crippen LogP contribution in [0.2, 0.25) is 0 Å². The van der Waals surface area contributed by atoms with Crippen molar-refractivity contribution in [2.75, 3.05) is 31.5 Å². The van der Waals surface area contributed by atoms with Crippen LogP contribution in [0.15, 0.2) is 66.4 Å². The average Bonchev–Trinajstić information content (AvgIpc) is 3.08. The summed E-state index contributed by atoms with van der Waals surface area (Å²) in [6, 6.07) is 17.9. The summed E-state index contributed by atoms with van der Waals surface area (Å²) < 4.78 is 15.9. The Kier molecular flexibility index (Phi) is 6.27. The van der Waals surface area contributed by atoms with Crippen molar-refractivity contribution in [3.63, 3.8) is 0 Å². The monoisotopic (exact) mass is 458 g/mol. The van der Waals surface area contributed by atoms with Gasteiger partial charge in [-0.25, -0.2) is 4.90 Å². The molecule has 0 spiro atoms. The van der Waals surface area contributed by atoms with Crippen LogP contribution < -0.4 is 24.4 Å². The van der Waals surface area contributed by atoms with Crippen molar-refractivity contribution in [3.05, 3.63) is 83.1 Å². The fourth-order valence-corrected chi connectivity index (χ4v) is 4.00. The highest BCUT2D eigenvalue weighted by molar-refractivity contribution is 6.46. The van der Waals surface area contributed by atoms with E-state index in [0.717, 1.165) is 11.1 Å². The van der Waals surface area contributed by atoms with E-state index in [1.807, 2.05) is 26.0 Å². The number of methoxy groups -OCH3 is 3. The second kappa shape index (κ2) is 9.31. The molecule has 0 fully saturated rings. The van der Waals surface area contributed by atoms with Gasteiger partial charge in [0.25, 0.3) is 11.8 Å². The Balaban J connectivity index is 1.82. The summed E-state index contributed by atoms with van der Waals surface area (Å²) in [6.45, 7) is 3.85. The second-order valence-electron chi connectivity index (χ2n) is 7.91. The van der Waals surface area contributed by atoms with Gasteiger partial charge in [0.05, 0.1) is 32.6 Å². The SMILES string of the molecule is COc1ccc(C2=C(Nc3ccc(OC)c(OC)c3)C(=O)N(c3ccc(C)cc3C)C2=O)cc1. The summed E-state index contributed by atoms with van der Waals surface area (Å²) >= 11 is 0. The molecular weight excluding hydrogens is 432 g/mol. The molecule has 0 unspecified atom stereocenters. The van der Waals surface area contributed by atoms with E-state index < -0.39 is 11.8 Å². The van der Waals surface area contributed by atoms with Crippen molar-refractivity contribution in [2.45, 2.75) is 13.8 Å². The highest BCUT2D eigenvalue weighted by atomic mass is 16.5. The van der Waals surface area contributed by atoms with E-state index in [1.54, 1.807) is 62.8 Å². The lowest BCUT2D eigenvalue weighted by Crippen LogP contribution is -2.33. The first-order valence-corrected chi connectivity index (χ1v) is 10.7. The number of amides is 2. The highest BCUT2D eigenvalue weighted by Crippen LogP contribution is 2.37. The van der Waals surface area contributed by atoms with E-state index in [0.29, 0.717) is 34.2 Å². The fraction of sp³-hybridized carbons (Fsp3) is 0.185. The first-order chi connectivity index (χ1) is 16.4. The molecule has 34 heavy (non-hydrogen) atoms. The van der Waals surface area contributed by atoms with Gasteiger partial charge in [0.2, 0.25) is 0 Å². The number of hydrogen-bond acceptors (Lipinski definition) is 6. The Bertz CT molecular complexity index is 1290. The molecule has 2 amide bonds. The number of benzene rings is 3. The summed E-state index contributed by atoms with van der Waals surface area (Å²) in [5.41, 5.74) is 4.09. The minimum Gasteiger partial charge on any atom is -0.497 e. The molecule has 174 valence electrons. The molecule has 0 saturated carbocycles. The minimum absolute atomic E-state index is 0.183. The quantitative estimate of drug-likeness (QED) is 0.516. The average molecular weight is 459 g/mol. The number of ether oxygens (including phenoxy) is 3. The van der Waals surface area contributed by atoms with Crippen LogP contribution in [0.4, 0.5) is 11.4 Å². The van der Waals surface area contributed by atoms with E-state index in [-0.39, 0.29) is 11.3 Å². The van der Waals surface area contributed by atoms with E-state index in [9.17, 15) is 9.59 Å². The minimum atomic E-state index is -0.433. The number of hydrogen-bond donors (Lipinski definition) is 1. The number of carbonyl (C=O) groups is 2. The Morgan fingerprint density at radius 1 is 0.735 bits per heavy atom. The van der Waals surface area contributed by atoms with Crippen LogP contribution in [0, 0.1) is 13.8 Å². The normalized spacial score (nSPS) is 13.4. The number of nitrogens with one attached hydrogen (secondary N) is 1. The van der Waals surface area contributed by atoms with Crippen molar-refractivity contribution in [1.82, 2.24) is 0 Å². The van der Waals surface area contributed by atoms with E-state index in [2.05, 4.69) is 5.32 Å². The predicted molar refractivity (Wildman–Crippen MR) is 131 cm³/mol. The van der Waals surface area contributed by atoms with E-state index >= 15 is 0 Å². The molecule has 1 N–H and O–H groups in total. The smallest absolute Gasteiger partial charge is 0.282 e. The molecule has 0 saturated heterocycles. The van der Waals surface area contributed by atoms with Crippen molar-refractivity contribution in [3.8, 4) is 17.2 Å². The molecule has 7 nitrogen and oxygen atoms in total. The Labute approximate surface area is 198 Å². The molecule has 0 bridgehead atoms. The number of imide groups is 1. The zero-order valence-corrected chi connectivity index (χ0v) is 19.8. The third kappa shape index (κ3) is 4.08. The molecule has 3 aromatic carbocycles. The second-order valence-corrected chi connectivity index (χ2v) is 7.91. The largest absolute Gasteiger partial charge is 0.497 e. The van der Waals surface area contributed by atoms with Gasteiger partial charge in [-0.05, 0) is 55.3 Å². The van der Waals surface area contributed by atoms with Gasteiger partial charge in [0.1, 0.15) is 11.4 Å². The highest BCUT2D eigenvalue weighted by Gasteiger charge is 2.40. The Hall–Kier alpha value is -4.26. The summed E-state index contributed by atoms with van der Waals surface area (Å²) in [5, 5.41) is 3.16. The van der Waals surface area contributed by atoms with Crippen LogP contribution in [0.25, 0.3) is 5.57 Å². The van der Waals surface area contributed by atoms with E-state index in [1.165, 1.54) is 12.0 Å². The summed E-state index contributed by atoms with van der Waals surface area (Å²) in [4.78, 5) is 28.5. The number of carbonyl (C=O) groups excluding carboxylic acids is 2. The third-order valence-electron chi connectivity index (χ3n) is 5.71. The van der Waals surface area contributed by atoms with Crippen LogP contribution in [0.1, 0.15) is 16.7 Å². The number of rotatable bonds is 7. The standard InChI is InChI=1S/C27H26N2O5/c1-16-6-12-21(17(2)14-16)29-26(30)24(18-7-10-20(32-3)11-8-18)25(27(29)31)28-19-9-13-22(33-4)23(15-19)34-5/h6-15,28H,1-5H3. The molecule has 1 aliphatic rings. The van der Waals surface area contributed by atoms with Crippen molar-refractivity contribution >= 4 is 28.8 Å². The van der Waals surface area contributed by atoms with Gasteiger partial charge < -0.3 is 19.5 Å². The summed E-state index contributed by atoms with van der Waals surface area (Å²) in [5.74, 6) is 0.884. The molecular formula is C27H26N2O5. The van der Waals surface area contributed by atoms with Gasteiger partial charge in [0.15, 0.2) is 11.5 Å². The summed E-state index contributed by atoms with van der Waals surface area (Å²) in [7, 11) is 4.66. The van der Waals surface area contributed by atoms with Crippen LogP contribution in [-0.2, 0) is 9.59 Å². The lowest BCUT2D eigenvalue weighted by Gasteiger charge is -2.18. The molecule has 7 heteroatoms. The predicted octanol–water partition coefficient (Wildman–Crippen LogP) is 4.73. The maximum atomic E-state index is 13.7. The van der Waals surface area contributed by atoms with Gasteiger partial charge in [0, 0.05) is 11.8 Å². The van der Waals surface area contributed by atoms with Crippen LogP contribution >= 0.6 is 0 Å². The first-order valence-electron chi connectivity index (χ1n) is 10.7. The zero-order chi connectivity index (χ0) is 24.4. The zero-order valence-electron chi connectivity index (χ0n) is 19.8. The number of aryl methyl sites for hydroxylation is 2. The first kappa shape index (κ1) is 22.9. The molecule has 4 rings (SSSR count). The molecule has 0 aliphatic carbocycles. The third-order valence-corrected chi connectivity index (χ3v) is 5.71. The number of anilines is 2. The Morgan fingerprint density at radius 3 is 2.06 bits per heavy atom. The van der Waals surface area contributed by atoms with Crippen molar-refractivity contribution in [1.29, 1.82) is 0 Å². The van der Waals surface area contributed by atoms with Crippen LogP contribution in [-0.4, -0.2) is 33.1 Å². The lowest BCUT2D eigenvalue weighted by atomic mass is 10.0. The molecule has 0 aromatic heterocycles. The molecule has 1 heterocycles. The Morgan fingerprint density at radius 2 is 1.44 bits per heavy atom. The van der Waals surface area contributed by atoms with Crippen molar-refractivity contribution < 1.29 is 23.8 Å². The fourth-order valence-electron chi connectivity index (χ4n) is 4.00. The van der Waals surface area contributed by atoms with Gasteiger partial charge in [-0.1, -0.05) is 29.8 Å². The maximum absolute atomic E-state index is 13.7. The van der Waals surface area contributed by atoms with Gasteiger partial charge in [-0.2, -0.15) is 0 Å². The molecule has 0 radical (unpaired) electrons. The lowest BCUT2D eigenvalue weighted by molar-refractivity contribution is -0.120. The van der Waals surface area contributed by atoms with Gasteiger partial charge in [-0.15, -0.1) is 0 Å².